The summed E-state index contributed by atoms with van der Waals surface area (Å²) in [6.07, 6.45) is 1.49. The molecule has 1 heterocycles. The summed E-state index contributed by atoms with van der Waals surface area (Å²) in [5.74, 6) is -1.00. The monoisotopic (exact) mass is 227 g/mol. The summed E-state index contributed by atoms with van der Waals surface area (Å²) in [6.45, 7) is 4.04. The fourth-order valence-corrected chi connectivity index (χ4v) is 1.72. The van der Waals surface area contributed by atoms with Gasteiger partial charge < -0.3 is 5.11 Å². The molecule has 1 aromatic heterocycles. The van der Waals surface area contributed by atoms with E-state index in [0.717, 1.165) is 11.1 Å². The van der Waals surface area contributed by atoms with Crippen molar-refractivity contribution >= 4 is 5.97 Å². The molecule has 0 bridgehead atoms. The molecule has 0 atom stereocenters. The number of rotatable bonds is 2. The molecule has 2 rings (SSSR count). The average Bonchev–Trinajstić information content (AvgIpc) is 2.32. The van der Waals surface area contributed by atoms with E-state index >= 15 is 0 Å². The van der Waals surface area contributed by atoms with E-state index in [1.165, 1.54) is 11.8 Å². The normalized spacial score (nSPS) is 10.2. The first-order valence-electron chi connectivity index (χ1n) is 5.35. The first kappa shape index (κ1) is 11.3. The number of aromatic nitrogens is 1. The van der Waals surface area contributed by atoms with Crippen LogP contribution in [0.25, 0.3) is 11.1 Å². The van der Waals surface area contributed by atoms with Crippen molar-refractivity contribution in [3.8, 4) is 11.1 Å². The summed E-state index contributed by atoms with van der Waals surface area (Å²) < 4.78 is 0. The standard InChI is InChI=1S/C14H13NO2/c1-9-5-6-11(8-10(9)2)12-4-3-7-15-13(12)14(16)17/h3-8H,1-2H3,(H,16,17). The molecule has 0 saturated carbocycles. The minimum absolute atomic E-state index is 0.0933. The van der Waals surface area contributed by atoms with Crippen LogP contribution in [0.2, 0.25) is 0 Å². The Labute approximate surface area is 99.8 Å². The first-order chi connectivity index (χ1) is 8.09. The Bertz CT molecular complexity index is 576. The van der Waals surface area contributed by atoms with Crippen molar-refractivity contribution < 1.29 is 9.90 Å². The minimum atomic E-state index is -1.00. The Kier molecular flexibility index (Phi) is 2.91. The number of hydrogen-bond donors (Lipinski definition) is 1. The van der Waals surface area contributed by atoms with Gasteiger partial charge in [-0.3, -0.25) is 0 Å². The zero-order chi connectivity index (χ0) is 12.4. The van der Waals surface area contributed by atoms with Gasteiger partial charge in [-0.2, -0.15) is 0 Å². The highest BCUT2D eigenvalue weighted by atomic mass is 16.4. The van der Waals surface area contributed by atoms with Crippen LogP contribution in [0.15, 0.2) is 36.5 Å². The van der Waals surface area contributed by atoms with Gasteiger partial charge in [-0.25, -0.2) is 9.78 Å². The molecular formula is C14H13NO2. The molecule has 1 aromatic carbocycles. The van der Waals surface area contributed by atoms with Crippen LogP contribution >= 0.6 is 0 Å². The van der Waals surface area contributed by atoms with Gasteiger partial charge in [0.1, 0.15) is 0 Å². The van der Waals surface area contributed by atoms with Gasteiger partial charge in [-0.05, 0) is 36.6 Å². The van der Waals surface area contributed by atoms with Crippen LogP contribution in [0.5, 0.6) is 0 Å². The topological polar surface area (TPSA) is 50.2 Å². The average molecular weight is 227 g/mol. The molecule has 0 unspecified atom stereocenters. The van der Waals surface area contributed by atoms with Crippen LogP contribution in [0.3, 0.4) is 0 Å². The molecule has 0 radical (unpaired) electrons. The molecule has 17 heavy (non-hydrogen) atoms. The predicted octanol–water partition coefficient (Wildman–Crippen LogP) is 3.06. The number of carboxylic acid groups (broad SMARTS) is 1. The van der Waals surface area contributed by atoms with E-state index < -0.39 is 5.97 Å². The number of aromatic carboxylic acids is 1. The lowest BCUT2D eigenvalue weighted by molar-refractivity contribution is 0.0691. The van der Waals surface area contributed by atoms with Crippen molar-refractivity contribution in [3.05, 3.63) is 53.3 Å². The summed E-state index contributed by atoms with van der Waals surface area (Å²) in [7, 11) is 0. The Hall–Kier alpha value is -2.16. The van der Waals surface area contributed by atoms with Crippen molar-refractivity contribution in [1.29, 1.82) is 0 Å². The predicted molar refractivity (Wildman–Crippen MR) is 66.1 cm³/mol. The summed E-state index contributed by atoms with van der Waals surface area (Å²) in [4.78, 5) is 15.0. The van der Waals surface area contributed by atoms with Crippen LogP contribution in [-0.4, -0.2) is 16.1 Å². The van der Waals surface area contributed by atoms with Gasteiger partial charge in [-0.15, -0.1) is 0 Å². The molecule has 0 saturated heterocycles. The molecular weight excluding hydrogens is 214 g/mol. The molecule has 0 spiro atoms. The molecule has 3 heteroatoms. The Morgan fingerprint density at radius 1 is 1.18 bits per heavy atom. The Morgan fingerprint density at radius 2 is 1.94 bits per heavy atom. The lowest BCUT2D eigenvalue weighted by Gasteiger charge is -2.07. The van der Waals surface area contributed by atoms with E-state index in [0.29, 0.717) is 5.56 Å². The fraction of sp³-hybridized carbons (Fsp3) is 0.143. The van der Waals surface area contributed by atoms with Crippen LogP contribution in [-0.2, 0) is 0 Å². The van der Waals surface area contributed by atoms with Crippen molar-refractivity contribution in [2.45, 2.75) is 13.8 Å². The van der Waals surface area contributed by atoms with Gasteiger partial charge in [0.15, 0.2) is 5.69 Å². The molecule has 2 aromatic rings. The van der Waals surface area contributed by atoms with E-state index in [1.807, 2.05) is 32.0 Å². The summed E-state index contributed by atoms with van der Waals surface area (Å²) in [5.41, 5.74) is 3.97. The largest absolute Gasteiger partial charge is 0.476 e. The van der Waals surface area contributed by atoms with Crippen molar-refractivity contribution in [2.24, 2.45) is 0 Å². The van der Waals surface area contributed by atoms with Gasteiger partial charge in [0.05, 0.1) is 0 Å². The lowest BCUT2D eigenvalue weighted by atomic mass is 9.99. The summed E-state index contributed by atoms with van der Waals surface area (Å²) in [6, 6.07) is 9.42. The molecule has 0 aliphatic rings. The Morgan fingerprint density at radius 3 is 2.59 bits per heavy atom. The minimum Gasteiger partial charge on any atom is -0.476 e. The molecule has 0 aliphatic heterocycles. The lowest BCUT2D eigenvalue weighted by Crippen LogP contribution is -2.02. The molecule has 0 fully saturated rings. The molecule has 0 aliphatic carbocycles. The molecule has 1 N–H and O–H groups in total. The van der Waals surface area contributed by atoms with Gasteiger partial charge >= 0.3 is 5.97 Å². The van der Waals surface area contributed by atoms with E-state index in [9.17, 15) is 4.79 Å². The molecule has 0 amide bonds. The van der Waals surface area contributed by atoms with E-state index in [2.05, 4.69) is 4.98 Å². The van der Waals surface area contributed by atoms with Gasteiger partial charge in [0.2, 0.25) is 0 Å². The fourth-order valence-electron chi connectivity index (χ4n) is 1.72. The number of benzene rings is 1. The third-order valence-corrected chi connectivity index (χ3v) is 2.83. The van der Waals surface area contributed by atoms with Crippen molar-refractivity contribution in [2.75, 3.05) is 0 Å². The summed E-state index contributed by atoms with van der Waals surface area (Å²) in [5, 5.41) is 9.09. The van der Waals surface area contributed by atoms with Crippen LogP contribution in [0.4, 0.5) is 0 Å². The highest BCUT2D eigenvalue weighted by molar-refractivity contribution is 5.93. The second kappa shape index (κ2) is 4.37. The van der Waals surface area contributed by atoms with Crippen molar-refractivity contribution in [1.82, 2.24) is 4.98 Å². The van der Waals surface area contributed by atoms with Crippen LogP contribution in [0, 0.1) is 13.8 Å². The number of pyridine rings is 1. The van der Waals surface area contributed by atoms with Gasteiger partial charge in [0.25, 0.3) is 0 Å². The third-order valence-electron chi connectivity index (χ3n) is 2.83. The quantitative estimate of drug-likeness (QED) is 0.857. The molecule has 3 nitrogen and oxygen atoms in total. The zero-order valence-corrected chi connectivity index (χ0v) is 9.77. The SMILES string of the molecule is Cc1ccc(-c2cccnc2C(=O)O)cc1C. The number of carbonyl (C=O) groups is 1. The highest BCUT2D eigenvalue weighted by Gasteiger charge is 2.12. The maximum absolute atomic E-state index is 11.1. The number of hydrogen-bond acceptors (Lipinski definition) is 2. The van der Waals surface area contributed by atoms with Gasteiger partial charge in [0, 0.05) is 11.8 Å². The number of nitrogens with zero attached hydrogens (tertiary/aromatic N) is 1. The highest BCUT2D eigenvalue weighted by Crippen LogP contribution is 2.24. The van der Waals surface area contributed by atoms with E-state index in [4.69, 9.17) is 5.11 Å². The van der Waals surface area contributed by atoms with E-state index in [-0.39, 0.29) is 5.69 Å². The maximum Gasteiger partial charge on any atom is 0.355 e. The zero-order valence-electron chi connectivity index (χ0n) is 9.77. The second-order valence-corrected chi connectivity index (χ2v) is 4.00. The van der Waals surface area contributed by atoms with Gasteiger partial charge in [-0.1, -0.05) is 24.3 Å². The second-order valence-electron chi connectivity index (χ2n) is 4.00. The third kappa shape index (κ3) is 2.18. The van der Waals surface area contributed by atoms with Crippen LogP contribution < -0.4 is 0 Å². The summed E-state index contributed by atoms with van der Waals surface area (Å²) >= 11 is 0. The van der Waals surface area contributed by atoms with Crippen LogP contribution in [0.1, 0.15) is 21.6 Å². The first-order valence-corrected chi connectivity index (χ1v) is 5.35. The Balaban J connectivity index is 2.60. The maximum atomic E-state index is 11.1. The van der Waals surface area contributed by atoms with Crippen molar-refractivity contribution in [3.63, 3.8) is 0 Å². The molecule has 86 valence electrons. The van der Waals surface area contributed by atoms with E-state index in [1.54, 1.807) is 12.1 Å². The number of carboxylic acids is 1. The smallest absolute Gasteiger partial charge is 0.355 e. The number of aryl methyl sites for hydroxylation is 2.